The van der Waals surface area contributed by atoms with E-state index < -0.39 is 41.1 Å². The Morgan fingerprint density at radius 2 is 1.69 bits per heavy atom. The second kappa shape index (κ2) is 8.67. The zero-order chi connectivity index (χ0) is 23.5. The molecule has 0 saturated heterocycles. The number of carboxylic acid groups (broad SMARTS) is 1. The highest BCUT2D eigenvalue weighted by atomic mass is 19.4. The highest BCUT2D eigenvalue weighted by molar-refractivity contribution is 6.00. The van der Waals surface area contributed by atoms with Crippen LogP contribution in [0.15, 0.2) is 53.3 Å². The van der Waals surface area contributed by atoms with Crippen molar-refractivity contribution in [3.05, 3.63) is 64.6 Å². The molecule has 166 valence electrons. The van der Waals surface area contributed by atoms with Gasteiger partial charge in [-0.1, -0.05) is 12.1 Å². The van der Waals surface area contributed by atoms with Gasteiger partial charge in [-0.2, -0.15) is 0 Å². The summed E-state index contributed by atoms with van der Waals surface area (Å²) < 4.78 is 40.3. The monoisotopic (exact) mass is 450 g/mol. The van der Waals surface area contributed by atoms with Crippen LogP contribution in [0.5, 0.6) is 11.5 Å². The molecule has 0 aliphatic heterocycles. The number of aromatic hydroxyl groups is 1. The molecule has 0 fully saturated rings. The van der Waals surface area contributed by atoms with Crippen molar-refractivity contribution in [3.63, 3.8) is 0 Å². The van der Waals surface area contributed by atoms with Gasteiger partial charge in [-0.25, -0.2) is 14.6 Å². The fourth-order valence-electron chi connectivity index (χ4n) is 2.53. The number of nitrogens with zero attached hydrogens (tertiary/aromatic N) is 1. The molecule has 13 heteroatoms. The maximum absolute atomic E-state index is 12.2. The first kappa shape index (κ1) is 22.1. The zero-order valence-electron chi connectivity index (χ0n) is 15.7. The number of halogens is 3. The number of carbonyl (C=O) groups excluding carboxylic acids is 1. The number of H-pyrrole nitrogens is 1. The SMILES string of the molecule is O=C(Nc1ccc(OC(F)(F)F)cc1)Nc1cccc(-c2nc(C(=O)O)c(O)c(=O)[nH]2)c1. The number of nitrogens with one attached hydrogen (secondary N) is 3. The number of benzene rings is 2. The van der Waals surface area contributed by atoms with E-state index in [9.17, 15) is 32.7 Å². The van der Waals surface area contributed by atoms with Crippen molar-refractivity contribution in [2.45, 2.75) is 6.36 Å². The molecule has 0 saturated carbocycles. The van der Waals surface area contributed by atoms with E-state index in [1.807, 2.05) is 0 Å². The Morgan fingerprint density at radius 3 is 2.31 bits per heavy atom. The van der Waals surface area contributed by atoms with Crippen LogP contribution in [-0.2, 0) is 0 Å². The first-order valence-electron chi connectivity index (χ1n) is 8.62. The Morgan fingerprint density at radius 1 is 1.03 bits per heavy atom. The average molecular weight is 450 g/mol. The molecule has 0 aliphatic rings. The number of aromatic carboxylic acids is 1. The molecule has 5 N–H and O–H groups in total. The molecule has 0 radical (unpaired) electrons. The topological polar surface area (TPSA) is 154 Å². The lowest BCUT2D eigenvalue weighted by atomic mass is 10.2. The maximum Gasteiger partial charge on any atom is 0.573 e. The van der Waals surface area contributed by atoms with Crippen LogP contribution in [0, 0.1) is 0 Å². The van der Waals surface area contributed by atoms with Crippen molar-refractivity contribution >= 4 is 23.4 Å². The minimum atomic E-state index is -4.83. The second-order valence-corrected chi connectivity index (χ2v) is 6.15. The third kappa shape index (κ3) is 5.53. The van der Waals surface area contributed by atoms with Crippen LogP contribution in [0.4, 0.5) is 29.3 Å². The maximum atomic E-state index is 12.2. The number of carbonyl (C=O) groups is 2. The molecule has 0 unspecified atom stereocenters. The van der Waals surface area contributed by atoms with Crippen molar-refractivity contribution < 1.29 is 37.7 Å². The molecular formula is C19H13F3N4O6. The molecule has 0 aliphatic carbocycles. The van der Waals surface area contributed by atoms with Crippen LogP contribution >= 0.6 is 0 Å². The molecule has 3 rings (SSSR count). The predicted octanol–water partition coefficient (Wildman–Crippen LogP) is 3.38. The van der Waals surface area contributed by atoms with Crippen molar-refractivity contribution in [2.24, 2.45) is 0 Å². The minimum Gasteiger partial charge on any atom is -0.501 e. The largest absolute Gasteiger partial charge is 0.573 e. The number of hydrogen-bond acceptors (Lipinski definition) is 6. The van der Waals surface area contributed by atoms with Gasteiger partial charge in [0.1, 0.15) is 11.6 Å². The molecule has 1 heterocycles. The fraction of sp³-hybridized carbons (Fsp3) is 0.0526. The number of alkyl halides is 3. The number of urea groups is 1. The molecule has 2 amide bonds. The second-order valence-electron chi connectivity index (χ2n) is 6.15. The molecule has 2 aromatic carbocycles. The van der Waals surface area contributed by atoms with E-state index in [4.69, 9.17) is 5.11 Å². The number of hydrogen-bond donors (Lipinski definition) is 5. The Kier molecular flexibility index (Phi) is 6.00. The Bertz CT molecular complexity index is 1220. The summed E-state index contributed by atoms with van der Waals surface area (Å²) in [6, 6.07) is 9.55. The summed E-state index contributed by atoms with van der Waals surface area (Å²) in [5, 5.41) is 23.4. The van der Waals surface area contributed by atoms with Gasteiger partial charge < -0.3 is 30.6 Å². The van der Waals surface area contributed by atoms with Crippen molar-refractivity contribution in [2.75, 3.05) is 10.6 Å². The standard InChI is InChI=1S/C19H13F3N4O6/c20-19(21,22)32-12-6-4-10(5-7-12)23-18(31)24-11-3-1-2-9(8-11)15-25-13(17(29)30)14(27)16(28)26-15/h1-8,27H,(H,29,30)(H2,23,24,31)(H,25,26,28). The summed E-state index contributed by atoms with van der Waals surface area (Å²) in [7, 11) is 0. The lowest BCUT2D eigenvalue weighted by molar-refractivity contribution is -0.274. The van der Waals surface area contributed by atoms with Crippen LogP contribution in [0.1, 0.15) is 10.5 Å². The first-order chi connectivity index (χ1) is 15.0. The smallest absolute Gasteiger partial charge is 0.501 e. The number of anilines is 2. The van der Waals surface area contributed by atoms with Crippen molar-refractivity contribution in [1.82, 2.24) is 9.97 Å². The molecule has 3 aromatic rings. The number of amides is 2. The third-order valence-electron chi connectivity index (χ3n) is 3.84. The Balaban J connectivity index is 1.73. The predicted molar refractivity (Wildman–Crippen MR) is 105 cm³/mol. The summed E-state index contributed by atoms with van der Waals surface area (Å²) in [6.45, 7) is 0. The zero-order valence-corrected chi connectivity index (χ0v) is 15.7. The van der Waals surface area contributed by atoms with Gasteiger partial charge in [-0.05, 0) is 36.4 Å². The van der Waals surface area contributed by atoms with Gasteiger partial charge in [-0.3, -0.25) is 4.79 Å². The summed E-state index contributed by atoms with van der Waals surface area (Å²) >= 11 is 0. The lowest BCUT2D eigenvalue weighted by Gasteiger charge is -2.11. The molecule has 0 spiro atoms. The van der Waals surface area contributed by atoms with Crippen LogP contribution < -0.4 is 20.9 Å². The van der Waals surface area contributed by atoms with Gasteiger partial charge in [0.2, 0.25) is 5.75 Å². The van der Waals surface area contributed by atoms with E-state index in [1.54, 1.807) is 0 Å². The van der Waals surface area contributed by atoms with Crippen molar-refractivity contribution in [1.29, 1.82) is 0 Å². The molecule has 0 atom stereocenters. The van der Waals surface area contributed by atoms with Crippen LogP contribution in [0.2, 0.25) is 0 Å². The highest BCUT2D eigenvalue weighted by Crippen LogP contribution is 2.24. The van der Waals surface area contributed by atoms with Gasteiger partial charge >= 0.3 is 18.4 Å². The van der Waals surface area contributed by atoms with Gasteiger partial charge in [0.05, 0.1) is 0 Å². The average Bonchev–Trinajstić information content (AvgIpc) is 2.70. The fourth-order valence-corrected chi connectivity index (χ4v) is 2.53. The normalized spacial score (nSPS) is 11.0. The molecule has 1 aromatic heterocycles. The highest BCUT2D eigenvalue weighted by Gasteiger charge is 2.31. The van der Waals surface area contributed by atoms with E-state index >= 15 is 0 Å². The number of carboxylic acids is 1. The number of aromatic nitrogens is 2. The van der Waals surface area contributed by atoms with Crippen LogP contribution in [-0.4, -0.2) is 38.5 Å². The molecule has 32 heavy (non-hydrogen) atoms. The van der Waals surface area contributed by atoms with E-state index in [-0.39, 0.29) is 22.8 Å². The third-order valence-corrected chi connectivity index (χ3v) is 3.84. The van der Waals surface area contributed by atoms with Gasteiger partial charge in [-0.15, -0.1) is 13.2 Å². The quantitative estimate of drug-likeness (QED) is 0.399. The lowest BCUT2D eigenvalue weighted by Crippen LogP contribution is -2.20. The Hall–Kier alpha value is -4.55. The summed E-state index contributed by atoms with van der Waals surface area (Å²) in [5.41, 5.74) is -1.25. The molecule has 10 nitrogen and oxygen atoms in total. The molecule has 0 bridgehead atoms. The van der Waals surface area contributed by atoms with Gasteiger partial charge in [0.25, 0.3) is 5.56 Å². The summed E-state index contributed by atoms with van der Waals surface area (Å²) in [4.78, 5) is 41.0. The van der Waals surface area contributed by atoms with Gasteiger partial charge in [0.15, 0.2) is 5.69 Å². The number of ether oxygens (including phenoxy) is 1. The minimum absolute atomic E-state index is 0.158. The number of rotatable bonds is 5. The van der Waals surface area contributed by atoms with E-state index in [2.05, 4.69) is 25.3 Å². The van der Waals surface area contributed by atoms with E-state index in [1.165, 1.54) is 36.4 Å². The van der Waals surface area contributed by atoms with Gasteiger partial charge in [0, 0.05) is 16.9 Å². The summed E-state index contributed by atoms with van der Waals surface area (Å²) in [6.07, 6.45) is -4.83. The Labute approximate surface area is 176 Å². The van der Waals surface area contributed by atoms with Crippen LogP contribution in [0.3, 0.4) is 0 Å². The van der Waals surface area contributed by atoms with Crippen molar-refractivity contribution in [3.8, 4) is 22.9 Å². The molecular weight excluding hydrogens is 437 g/mol. The summed E-state index contributed by atoms with van der Waals surface area (Å²) in [5.74, 6) is -3.25. The van der Waals surface area contributed by atoms with E-state index in [0.29, 0.717) is 0 Å². The number of aromatic amines is 1. The van der Waals surface area contributed by atoms with E-state index in [0.717, 1.165) is 12.1 Å². The first-order valence-corrected chi connectivity index (χ1v) is 8.62. The van der Waals surface area contributed by atoms with Crippen LogP contribution in [0.25, 0.3) is 11.4 Å².